The molecular weight excluding hydrogens is 591 g/mol. The maximum atomic E-state index is 13.9. The average molecular weight is 629 g/mol. The van der Waals surface area contributed by atoms with Gasteiger partial charge in [-0.2, -0.15) is 5.26 Å². The summed E-state index contributed by atoms with van der Waals surface area (Å²) in [4.78, 5) is 26.9. The van der Waals surface area contributed by atoms with Gasteiger partial charge >= 0.3 is 0 Å². The van der Waals surface area contributed by atoms with E-state index in [4.69, 9.17) is 27.9 Å². The molecule has 0 spiro atoms. The molecule has 3 heterocycles. The number of aryl methyl sites for hydroxylation is 1. The van der Waals surface area contributed by atoms with Crippen molar-refractivity contribution in [2.75, 3.05) is 46.4 Å². The summed E-state index contributed by atoms with van der Waals surface area (Å²) < 4.78 is 20.3. The number of piperazine rings is 1. The summed E-state index contributed by atoms with van der Waals surface area (Å²) in [7, 11) is 2.08. The van der Waals surface area contributed by atoms with Crippen LogP contribution in [0.25, 0.3) is 10.4 Å². The van der Waals surface area contributed by atoms with Gasteiger partial charge in [-0.25, -0.2) is 16.0 Å². The fourth-order valence-electron chi connectivity index (χ4n) is 7.49. The second-order valence-electron chi connectivity index (χ2n) is 12.5. The van der Waals surface area contributed by atoms with E-state index in [0.717, 1.165) is 55.5 Å². The maximum absolute atomic E-state index is 13.9. The highest BCUT2D eigenvalue weighted by Gasteiger charge is 2.42. The van der Waals surface area contributed by atoms with Gasteiger partial charge < -0.3 is 24.3 Å². The molecule has 0 aromatic heterocycles. The molecule has 0 radical (unpaired) electrons. The van der Waals surface area contributed by atoms with Crippen molar-refractivity contribution in [3.63, 3.8) is 0 Å². The summed E-state index contributed by atoms with van der Waals surface area (Å²) in [6, 6.07) is 8.11. The van der Waals surface area contributed by atoms with E-state index in [-0.39, 0.29) is 37.6 Å². The van der Waals surface area contributed by atoms with E-state index in [2.05, 4.69) is 53.7 Å². The number of allylic oxidation sites excluding steroid dienone is 2. The molecule has 234 valence electrons. The van der Waals surface area contributed by atoms with Gasteiger partial charge in [0.1, 0.15) is 24.3 Å². The van der Waals surface area contributed by atoms with Crippen LogP contribution in [0.1, 0.15) is 42.4 Å². The van der Waals surface area contributed by atoms with Gasteiger partial charge in [-0.3, -0.25) is 4.79 Å². The molecule has 1 aromatic rings. The number of benzene rings is 1. The summed E-state index contributed by atoms with van der Waals surface area (Å²) in [6.07, 6.45) is 10.6. The van der Waals surface area contributed by atoms with Gasteiger partial charge in [0.05, 0.1) is 6.04 Å². The topological polar surface area (TPSA) is 76.5 Å². The molecule has 4 atom stereocenters. The van der Waals surface area contributed by atoms with E-state index in [0.29, 0.717) is 29.7 Å². The molecule has 2 unspecified atom stereocenters. The summed E-state index contributed by atoms with van der Waals surface area (Å²) in [5, 5.41) is 11.2. The Bertz CT molecular complexity index is 1600. The number of nitriles is 1. The molecule has 0 N–H and O–H groups in total. The number of amides is 1. The first-order valence-corrected chi connectivity index (χ1v) is 16.2. The van der Waals surface area contributed by atoms with Gasteiger partial charge in [0.2, 0.25) is 12.4 Å². The predicted molar refractivity (Wildman–Crippen MR) is 173 cm³/mol. The van der Waals surface area contributed by atoms with Gasteiger partial charge in [-0.05, 0) is 80.5 Å². The van der Waals surface area contributed by atoms with Crippen LogP contribution in [-0.2, 0) is 22.4 Å². The van der Waals surface area contributed by atoms with Crippen LogP contribution < -0.4 is 0 Å². The Morgan fingerprint density at radius 3 is 2.78 bits per heavy atom. The van der Waals surface area contributed by atoms with Crippen molar-refractivity contribution >= 4 is 29.0 Å². The van der Waals surface area contributed by atoms with Crippen LogP contribution in [0.15, 0.2) is 64.1 Å². The molecule has 2 fully saturated rings. The monoisotopic (exact) mass is 628 g/mol. The number of rotatable bonds is 6. The molecule has 0 bridgehead atoms. The molecule has 2 saturated heterocycles. The number of aliphatic imine (C=N–C) groups is 1. The summed E-state index contributed by atoms with van der Waals surface area (Å²) in [5.41, 5.74) is 5.83. The second kappa shape index (κ2) is 13.2. The van der Waals surface area contributed by atoms with Crippen molar-refractivity contribution in [2.45, 2.75) is 56.7 Å². The molecule has 3 aliphatic heterocycles. The third kappa shape index (κ3) is 6.04. The number of dihydropyridines is 1. The summed E-state index contributed by atoms with van der Waals surface area (Å²) in [5.74, 6) is -1.88. The van der Waals surface area contributed by atoms with Crippen LogP contribution in [0, 0.1) is 23.8 Å². The Hall–Kier alpha value is -3.92. The van der Waals surface area contributed by atoms with Crippen molar-refractivity contribution in [2.24, 2.45) is 10.9 Å². The average Bonchev–Trinajstić information content (AvgIpc) is 3.46. The molecule has 2 aliphatic carbocycles. The molecule has 1 amide bonds. The zero-order valence-electron chi connectivity index (χ0n) is 25.6. The van der Waals surface area contributed by atoms with Gasteiger partial charge in [-0.15, -0.1) is 0 Å². The lowest BCUT2D eigenvalue weighted by molar-refractivity contribution is -0.132. The molecule has 10 heteroatoms. The zero-order valence-corrected chi connectivity index (χ0v) is 26.4. The van der Waals surface area contributed by atoms with E-state index in [1.54, 1.807) is 0 Å². The molecule has 8 nitrogen and oxygen atoms in total. The fraction of sp³-hybridized carbons (Fsp3) is 0.486. The smallest absolute Gasteiger partial charge is 0.282 e. The Morgan fingerprint density at radius 1 is 1.22 bits per heavy atom. The lowest BCUT2D eigenvalue weighted by Gasteiger charge is -2.44. The van der Waals surface area contributed by atoms with Crippen LogP contribution in [0.5, 0.6) is 0 Å². The van der Waals surface area contributed by atoms with Crippen LogP contribution in [0.2, 0.25) is 0 Å². The van der Waals surface area contributed by atoms with E-state index in [1.807, 2.05) is 11.0 Å². The number of hydrogen-bond acceptors (Lipinski definition) is 6. The van der Waals surface area contributed by atoms with Gasteiger partial charge in [0, 0.05) is 42.3 Å². The minimum Gasteiger partial charge on any atom is -0.475 e. The molecule has 6 rings (SSSR count). The lowest BCUT2D eigenvalue weighted by atomic mass is 9.80. The number of likely N-dealkylation sites (N-methyl/N-ethyl adjacent to an activating group) is 1. The zero-order chi connectivity index (χ0) is 31.7. The first kappa shape index (κ1) is 31.1. The first-order chi connectivity index (χ1) is 21.8. The maximum Gasteiger partial charge on any atom is 0.282 e. The lowest BCUT2D eigenvalue weighted by Crippen LogP contribution is -2.57. The number of hydrogen-bond donors (Lipinski definition) is 0. The number of halogens is 2. The number of fused-ring (bicyclic) bond motifs is 2. The normalized spacial score (nSPS) is 26.6. The van der Waals surface area contributed by atoms with E-state index >= 15 is 0 Å². The summed E-state index contributed by atoms with van der Waals surface area (Å²) >= 11 is 7.09. The second-order valence-corrected chi connectivity index (χ2v) is 12.9. The number of likely N-dealkylation sites (tertiary alicyclic amines) is 1. The van der Waals surface area contributed by atoms with Crippen molar-refractivity contribution < 1.29 is 13.9 Å². The number of nitrogens with zero attached hydrogens (tertiary/aromatic N) is 6. The third-order valence-electron chi connectivity index (χ3n) is 9.84. The highest BCUT2D eigenvalue weighted by atomic mass is 35.5. The minimum absolute atomic E-state index is 0.00398. The molecule has 45 heavy (non-hydrogen) atoms. The SMILES string of the molecule is [C-]#[N+]C[C@H]1CN(C2=C(C#N)C(OC[C@@H]3CCCN3C)=NC3C=C(c4cccc5c4CCCC5)C(Cl)=CC23)CCN1C(=O)C(=C)F. The number of carbonyl (C=O) groups is 1. The quantitative estimate of drug-likeness (QED) is 0.316. The Balaban J connectivity index is 1.39. The fourth-order valence-corrected chi connectivity index (χ4v) is 7.79. The van der Waals surface area contributed by atoms with Crippen LogP contribution >= 0.6 is 11.6 Å². The van der Waals surface area contributed by atoms with Crippen LogP contribution in [-0.4, -0.2) is 91.0 Å². The first-order valence-electron chi connectivity index (χ1n) is 15.8. The Labute approximate surface area is 269 Å². The van der Waals surface area contributed by atoms with E-state index in [1.165, 1.54) is 22.4 Å². The Kier molecular flexibility index (Phi) is 9.12. The highest BCUT2D eigenvalue weighted by Crippen LogP contribution is 2.43. The van der Waals surface area contributed by atoms with Gasteiger partial charge in [0.25, 0.3) is 5.91 Å². The van der Waals surface area contributed by atoms with Crippen molar-refractivity contribution in [1.82, 2.24) is 14.7 Å². The largest absolute Gasteiger partial charge is 0.475 e. The van der Waals surface area contributed by atoms with Crippen LogP contribution in [0.4, 0.5) is 4.39 Å². The van der Waals surface area contributed by atoms with Crippen LogP contribution in [0.3, 0.4) is 0 Å². The van der Waals surface area contributed by atoms with Gasteiger partial charge in [-0.1, -0.05) is 42.5 Å². The number of carbonyl (C=O) groups excluding carboxylic acids is 1. The Morgan fingerprint density at radius 2 is 2.04 bits per heavy atom. The summed E-state index contributed by atoms with van der Waals surface area (Å²) in [6.45, 7) is 12.9. The molecule has 1 aromatic carbocycles. The number of ether oxygens (including phenoxy) is 1. The third-order valence-corrected chi connectivity index (χ3v) is 10.2. The van der Waals surface area contributed by atoms with Crippen molar-refractivity contribution in [1.29, 1.82) is 5.26 Å². The molecular formula is C35H38ClFN6O2. The highest BCUT2D eigenvalue weighted by molar-refractivity contribution is 6.37. The van der Waals surface area contributed by atoms with Crippen molar-refractivity contribution in [3.8, 4) is 6.07 Å². The van der Waals surface area contributed by atoms with Crippen molar-refractivity contribution in [3.05, 3.63) is 87.2 Å². The standard InChI is InChI=1S/C35H38ClFN6O2/c1-22(37)35(44)43-15-14-42(20-25(43)19-39-2)33-29-16-31(36)28(27-12-6-9-23-8-4-5-11-26(23)27)17-32(29)40-34(30(33)18-38)45-21-24-10-7-13-41(24)3/h6,9,12,16-17,24-25,29,32H,1,4-5,7-8,10-11,13-15,19-21H2,3H3/t24-,25-,29?,32?/m0/s1. The molecule has 0 saturated carbocycles. The molecule has 5 aliphatic rings. The van der Waals surface area contributed by atoms with E-state index < -0.39 is 17.8 Å². The predicted octanol–water partition coefficient (Wildman–Crippen LogP) is 5.29. The minimum atomic E-state index is -1.05. The van der Waals surface area contributed by atoms with Gasteiger partial charge in [0.15, 0.2) is 5.83 Å². The van der Waals surface area contributed by atoms with E-state index in [9.17, 15) is 14.4 Å².